The normalized spacial score (nSPS) is 12.2. The van der Waals surface area contributed by atoms with Crippen LogP contribution in [0.5, 0.6) is 5.75 Å². The third-order valence-corrected chi connectivity index (χ3v) is 4.50. The molecule has 0 bridgehead atoms. The zero-order chi connectivity index (χ0) is 14.7. The van der Waals surface area contributed by atoms with Crippen LogP contribution in [0.25, 0.3) is 0 Å². The van der Waals surface area contributed by atoms with Crippen molar-refractivity contribution in [3.05, 3.63) is 62.6 Å². The lowest BCUT2D eigenvalue weighted by molar-refractivity contribution is 0.177. The van der Waals surface area contributed by atoms with Crippen LogP contribution >= 0.6 is 27.5 Å². The topological polar surface area (TPSA) is 29.5 Å². The van der Waals surface area contributed by atoms with E-state index in [2.05, 4.69) is 15.9 Å². The Kier molecular flexibility index (Phi) is 5.08. The van der Waals surface area contributed by atoms with E-state index in [0.29, 0.717) is 17.0 Å². The van der Waals surface area contributed by atoms with E-state index in [9.17, 15) is 5.11 Å². The fourth-order valence-electron chi connectivity index (χ4n) is 2.16. The van der Waals surface area contributed by atoms with E-state index >= 15 is 0 Å². The van der Waals surface area contributed by atoms with E-state index in [0.717, 1.165) is 21.3 Å². The van der Waals surface area contributed by atoms with Crippen LogP contribution in [0.15, 0.2) is 40.9 Å². The van der Waals surface area contributed by atoms with E-state index in [1.807, 2.05) is 43.3 Å². The van der Waals surface area contributed by atoms with Crippen LogP contribution < -0.4 is 4.74 Å². The molecule has 0 amide bonds. The minimum atomic E-state index is -0.671. The number of aliphatic hydroxyl groups excluding tert-OH is 1. The van der Waals surface area contributed by atoms with Gasteiger partial charge in [0.25, 0.3) is 0 Å². The highest BCUT2D eigenvalue weighted by Crippen LogP contribution is 2.33. The summed E-state index contributed by atoms with van der Waals surface area (Å²) in [4.78, 5) is 0. The smallest absolute Gasteiger partial charge is 0.122 e. The molecule has 2 aromatic carbocycles. The Labute approximate surface area is 132 Å². The largest absolute Gasteiger partial charge is 0.496 e. The zero-order valence-electron chi connectivity index (χ0n) is 11.4. The summed E-state index contributed by atoms with van der Waals surface area (Å²) < 4.78 is 6.12. The fourth-order valence-corrected chi connectivity index (χ4v) is 2.80. The summed E-state index contributed by atoms with van der Waals surface area (Å²) >= 11 is 9.59. The molecule has 2 nitrogen and oxygen atoms in total. The Hall–Kier alpha value is -1.03. The van der Waals surface area contributed by atoms with Crippen LogP contribution in [0, 0.1) is 6.92 Å². The van der Waals surface area contributed by atoms with Crippen molar-refractivity contribution in [2.45, 2.75) is 19.4 Å². The third-order valence-electron chi connectivity index (χ3n) is 3.19. The predicted octanol–water partition coefficient (Wildman–Crippen LogP) is 4.70. The molecule has 0 saturated carbocycles. The quantitative estimate of drug-likeness (QED) is 0.861. The summed E-state index contributed by atoms with van der Waals surface area (Å²) in [5, 5.41) is 11.0. The number of ether oxygens (including phenoxy) is 1. The maximum atomic E-state index is 10.4. The Bertz CT molecular complexity index is 613. The molecule has 0 aromatic heterocycles. The van der Waals surface area contributed by atoms with Crippen molar-refractivity contribution < 1.29 is 9.84 Å². The van der Waals surface area contributed by atoms with Gasteiger partial charge in [0.05, 0.1) is 18.2 Å². The van der Waals surface area contributed by atoms with Gasteiger partial charge in [0.15, 0.2) is 0 Å². The van der Waals surface area contributed by atoms with Crippen LogP contribution in [0.2, 0.25) is 5.02 Å². The fraction of sp³-hybridized carbons (Fsp3) is 0.250. The monoisotopic (exact) mass is 354 g/mol. The number of halogens is 2. The van der Waals surface area contributed by atoms with Gasteiger partial charge in [0, 0.05) is 16.5 Å². The second-order valence-electron chi connectivity index (χ2n) is 4.68. The predicted molar refractivity (Wildman–Crippen MR) is 85.5 cm³/mol. The molecule has 0 spiro atoms. The first-order chi connectivity index (χ1) is 9.52. The van der Waals surface area contributed by atoms with Gasteiger partial charge in [-0.1, -0.05) is 41.4 Å². The van der Waals surface area contributed by atoms with Gasteiger partial charge >= 0.3 is 0 Å². The maximum absolute atomic E-state index is 10.4. The second-order valence-corrected chi connectivity index (χ2v) is 5.91. The minimum absolute atomic E-state index is 0.459. The van der Waals surface area contributed by atoms with Crippen molar-refractivity contribution in [2.75, 3.05) is 7.11 Å². The van der Waals surface area contributed by atoms with Crippen molar-refractivity contribution in [3.8, 4) is 5.75 Å². The Balaban J connectivity index is 2.30. The van der Waals surface area contributed by atoms with Crippen molar-refractivity contribution in [1.29, 1.82) is 0 Å². The molecule has 2 rings (SSSR count). The highest BCUT2D eigenvalue weighted by atomic mass is 79.9. The highest BCUT2D eigenvalue weighted by Gasteiger charge is 2.16. The van der Waals surface area contributed by atoms with Crippen molar-refractivity contribution >= 4 is 27.5 Å². The lowest BCUT2D eigenvalue weighted by Gasteiger charge is -2.16. The number of hydrogen-bond donors (Lipinski definition) is 1. The number of benzene rings is 2. The van der Waals surface area contributed by atoms with Crippen LogP contribution in [-0.2, 0) is 6.42 Å². The standard InChI is InChI=1S/C16H16BrClO2/c1-10-6-7-15(20-2)11(8-10)9-14(19)12-4-3-5-13(17)16(12)18/h3-8,14,19H,9H2,1-2H3. The van der Waals surface area contributed by atoms with Crippen LogP contribution in [0.4, 0.5) is 0 Å². The summed E-state index contributed by atoms with van der Waals surface area (Å²) in [6, 6.07) is 11.5. The van der Waals surface area contributed by atoms with Crippen LogP contribution in [-0.4, -0.2) is 12.2 Å². The molecule has 1 atom stereocenters. The number of aliphatic hydroxyl groups is 1. The molecule has 0 aliphatic rings. The van der Waals surface area contributed by atoms with Gasteiger partial charge in [-0.3, -0.25) is 0 Å². The molecule has 1 N–H and O–H groups in total. The molecule has 0 radical (unpaired) electrons. The molecular formula is C16H16BrClO2. The molecular weight excluding hydrogens is 340 g/mol. The lowest BCUT2D eigenvalue weighted by atomic mass is 9.99. The molecule has 0 heterocycles. The number of methoxy groups -OCH3 is 1. The van der Waals surface area contributed by atoms with Gasteiger partial charge in [-0.05, 0) is 40.5 Å². The molecule has 0 saturated heterocycles. The van der Waals surface area contributed by atoms with Gasteiger partial charge in [-0.2, -0.15) is 0 Å². The van der Waals surface area contributed by atoms with Crippen LogP contribution in [0.3, 0.4) is 0 Å². The number of aryl methyl sites for hydroxylation is 1. The molecule has 0 fully saturated rings. The van der Waals surface area contributed by atoms with E-state index in [1.165, 1.54) is 0 Å². The molecule has 106 valence electrons. The van der Waals surface area contributed by atoms with Crippen molar-refractivity contribution in [2.24, 2.45) is 0 Å². The van der Waals surface area contributed by atoms with E-state index in [1.54, 1.807) is 7.11 Å². The average Bonchev–Trinajstić information content (AvgIpc) is 2.42. The molecule has 0 aliphatic carbocycles. The van der Waals surface area contributed by atoms with E-state index in [-0.39, 0.29) is 0 Å². The SMILES string of the molecule is COc1ccc(C)cc1CC(O)c1cccc(Br)c1Cl. The Morgan fingerprint density at radius 3 is 2.75 bits per heavy atom. The lowest BCUT2D eigenvalue weighted by Crippen LogP contribution is -2.04. The molecule has 4 heteroatoms. The average molecular weight is 356 g/mol. The van der Waals surface area contributed by atoms with Crippen molar-refractivity contribution in [3.63, 3.8) is 0 Å². The minimum Gasteiger partial charge on any atom is -0.496 e. The molecule has 20 heavy (non-hydrogen) atoms. The third kappa shape index (κ3) is 3.35. The Morgan fingerprint density at radius 2 is 2.05 bits per heavy atom. The van der Waals surface area contributed by atoms with E-state index in [4.69, 9.17) is 16.3 Å². The first-order valence-electron chi connectivity index (χ1n) is 6.28. The summed E-state index contributed by atoms with van der Waals surface area (Å²) in [6.07, 6.45) is -0.211. The maximum Gasteiger partial charge on any atom is 0.122 e. The summed E-state index contributed by atoms with van der Waals surface area (Å²) in [7, 11) is 1.63. The highest BCUT2D eigenvalue weighted by molar-refractivity contribution is 9.10. The van der Waals surface area contributed by atoms with E-state index < -0.39 is 6.10 Å². The number of rotatable bonds is 4. The van der Waals surface area contributed by atoms with Gasteiger partial charge < -0.3 is 9.84 Å². The van der Waals surface area contributed by atoms with Gasteiger partial charge in [0.2, 0.25) is 0 Å². The summed E-state index contributed by atoms with van der Waals surface area (Å²) in [6.45, 7) is 2.02. The Morgan fingerprint density at radius 1 is 1.30 bits per heavy atom. The second kappa shape index (κ2) is 6.61. The summed E-state index contributed by atoms with van der Waals surface area (Å²) in [5.74, 6) is 0.778. The van der Waals surface area contributed by atoms with Gasteiger partial charge in [0.1, 0.15) is 5.75 Å². The molecule has 2 aromatic rings. The summed E-state index contributed by atoms with van der Waals surface area (Å²) in [5.41, 5.74) is 2.81. The molecule has 1 unspecified atom stereocenters. The first-order valence-corrected chi connectivity index (χ1v) is 7.45. The van der Waals surface area contributed by atoms with Gasteiger partial charge in [-0.15, -0.1) is 0 Å². The zero-order valence-corrected chi connectivity index (χ0v) is 13.7. The van der Waals surface area contributed by atoms with Crippen LogP contribution in [0.1, 0.15) is 22.8 Å². The van der Waals surface area contributed by atoms with Gasteiger partial charge in [-0.25, -0.2) is 0 Å². The molecule has 0 aliphatic heterocycles. The first kappa shape index (κ1) is 15.4. The van der Waals surface area contributed by atoms with Crippen molar-refractivity contribution in [1.82, 2.24) is 0 Å². The number of hydrogen-bond acceptors (Lipinski definition) is 2.